The number of hydrogen-bond donors (Lipinski definition) is 2. The second kappa shape index (κ2) is 10.2. The Morgan fingerprint density at radius 2 is 1.61 bits per heavy atom. The molecular formula is C27H25N3O2S. The fourth-order valence-corrected chi connectivity index (χ4v) is 4.14. The maximum Gasteiger partial charge on any atom is 0.255 e. The molecule has 6 heteroatoms. The average Bonchev–Trinajstić information content (AvgIpc) is 3.27. The molecule has 0 aliphatic heterocycles. The molecule has 0 spiro atoms. The number of carbonyl (C=O) groups is 2. The molecule has 33 heavy (non-hydrogen) atoms. The van der Waals surface area contributed by atoms with Crippen LogP contribution in [0.4, 0.5) is 5.69 Å². The summed E-state index contributed by atoms with van der Waals surface area (Å²) in [6.07, 6.45) is 0.228. The first-order valence-corrected chi connectivity index (χ1v) is 11.6. The van der Waals surface area contributed by atoms with Crippen molar-refractivity contribution in [3.05, 3.63) is 106 Å². The quantitative estimate of drug-likeness (QED) is 0.384. The molecule has 0 bridgehead atoms. The molecule has 0 radical (unpaired) electrons. The summed E-state index contributed by atoms with van der Waals surface area (Å²) in [5.74, 6) is -0.256. The zero-order chi connectivity index (χ0) is 23.2. The lowest BCUT2D eigenvalue weighted by Crippen LogP contribution is -2.24. The van der Waals surface area contributed by atoms with Gasteiger partial charge in [0, 0.05) is 28.7 Å². The van der Waals surface area contributed by atoms with E-state index in [9.17, 15) is 9.59 Å². The monoisotopic (exact) mass is 455 g/mol. The fraction of sp³-hybridized carbons (Fsp3) is 0.148. The minimum Gasteiger partial charge on any atom is -0.352 e. The normalized spacial score (nSPS) is 10.6. The number of aromatic nitrogens is 1. The number of rotatable bonds is 7. The molecule has 0 aliphatic rings. The number of amides is 2. The van der Waals surface area contributed by atoms with E-state index < -0.39 is 0 Å². The molecular weight excluding hydrogens is 430 g/mol. The number of nitrogens with zero attached hydrogens (tertiary/aromatic N) is 1. The zero-order valence-corrected chi connectivity index (χ0v) is 19.4. The van der Waals surface area contributed by atoms with Crippen LogP contribution < -0.4 is 10.6 Å². The van der Waals surface area contributed by atoms with Gasteiger partial charge in [0.25, 0.3) is 5.91 Å². The Labute approximate surface area is 197 Å². The lowest BCUT2D eigenvalue weighted by atomic mass is 10.1. The molecule has 1 heterocycles. The van der Waals surface area contributed by atoms with E-state index in [1.54, 1.807) is 23.5 Å². The lowest BCUT2D eigenvalue weighted by Gasteiger charge is -2.09. The van der Waals surface area contributed by atoms with Crippen molar-refractivity contribution in [2.24, 2.45) is 0 Å². The first-order chi connectivity index (χ1) is 16.0. The largest absolute Gasteiger partial charge is 0.352 e. The Bertz CT molecular complexity index is 1260. The van der Waals surface area contributed by atoms with Crippen LogP contribution in [0.5, 0.6) is 0 Å². The predicted molar refractivity (Wildman–Crippen MR) is 133 cm³/mol. The van der Waals surface area contributed by atoms with Crippen molar-refractivity contribution >= 4 is 28.8 Å². The van der Waals surface area contributed by atoms with E-state index in [0.29, 0.717) is 17.8 Å². The molecule has 4 rings (SSSR count). The van der Waals surface area contributed by atoms with E-state index in [-0.39, 0.29) is 18.2 Å². The smallest absolute Gasteiger partial charge is 0.255 e. The van der Waals surface area contributed by atoms with Gasteiger partial charge in [-0.2, -0.15) is 0 Å². The van der Waals surface area contributed by atoms with Crippen molar-refractivity contribution in [1.29, 1.82) is 0 Å². The first kappa shape index (κ1) is 22.4. The number of anilines is 1. The summed E-state index contributed by atoms with van der Waals surface area (Å²) in [5.41, 5.74) is 6.32. The molecule has 0 aliphatic carbocycles. The highest BCUT2D eigenvalue weighted by Gasteiger charge is 2.10. The second-order valence-electron chi connectivity index (χ2n) is 7.98. The van der Waals surface area contributed by atoms with Crippen LogP contribution in [0.3, 0.4) is 0 Å². The SMILES string of the molecule is Cc1ccc(C(=O)Nc2cccc(CNC(=O)Cc3csc(-c4ccc(C)cc4)n3)c2)cc1. The third kappa shape index (κ3) is 6.14. The van der Waals surface area contributed by atoms with E-state index in [1.165, 1.54) is 5.56 Å². The maximum atomic E-state index is 12.4. The highest BCUT2D eigenvalue weighted by atomic mass is 32.1. The topological polar surface area (TPSA) is 71.1 Å². The summed E-state index contributed by atoms with van der Waals surface area (Å²) < 4.78 is 0. The number of carbonyl (C=O) groups excluding carboxylic acids is 2. The number of hydrogen-bond acceptors (Lipinski definition) is 4. The van der Waals surface area contributed by atoms with E-state index in [2.05, 4.69) is 34.7 Å². The van der Waals surface area contributed by atoms with Crippen LogP contribution in [0.2, 0.25) is 0 Å². The van der Waals surface area contributed by atoms with Gasteiger partial charge in [-0.25, -0.2) is 4.98 Å². The van der Waals surface area contributed by atoms with E-state index in [0.717, 1.165) is 27.4 Å². The maximum absolute atomic E-state index is 12.4. The van der Waals surface area contributed by atoms with Gasteiger partial charge >= 0.3 is 0 Å². The Morgan fingerprint density at radius 1 is 0.909 bits per heavy atom. The summed E-state index contributed by atoms with van der Waals surface area (Å²) in [7, 11) is 0. The molecule has 2 N–H and O–H groups in total. The van der Waals surface area contributed by atoms with Gasteiger partial charge in [-0.05, 0) is 43.7 Å². The van der Waals surface area contributed by atoms with Crippen molar-refractivity contribution in [1.82, 2.24) is 10.3 Å². The van der Waals surface area contributed by atoms with Gasteiger partial charge in [-0.15, -0.1) is 11.3 Å². The average molecular weight is 456 g/mol. The molecule has 4 aromatic rings. The Hall–Kier alpha value is -3.77. The van der Waals surface area contributed by atoms with Gasteiger partial charge in [0.15, 0.2) is 0 Å². The Kier molecular flexibility index (Phi) is 6.95. The van der Waals surface area contributed by atoms with Gasteiger partial charge < -0.3 is 10.6 Å². The van der Waals surface area contributed by atoms with Gasteiger partial charge in [0.2, 0.25) is 5.91 Å². The van der Waals surface area contributed by atoms with Gasteiger partial charge in [0.05, 0.1) is 12.1 Å². The molecule has 3 aromatic carbocycles. The summed E-state index contributed by atoms with van der Waals surface area (Å²) in [6.45, 7) is 4.41. The summed E-state index contributed by atoms with van der Waals surface area (Å²) in [5, 5.41) is 8.68. The van der Waals surface area contributed by atoms with Crippen LogP contribution in [0.25, 0.3) is 10.6 Å². The lowest BCUT2D eigenvalue weighted by molar-refractivity contribution is -0.120. The van der Waals surface area contributed by atoms with Crippen molar-refractivity contribution in [2.75, 3.05) is 5.32 Å². The molecule has 0 saturated heterocycles. The minimum atomic E-state index is -0.163. The van der Waals surface area contributed by atoms with Gasteiger partial charge in [0.1, 0.15) is 5.01 Å². The third-order valence-electron chi connectivity index (χ3n) is 5.18. The van der Waals surface area contributed by atoms with Crippen LogP contribution in [-0.4, -0.2) is 16.8 Å². The fourth-order valence-electron chi connectivity index (χ4n) is 3.31. The van der Waals surface area contributed by atoms with Gasteiger partial charge in [-0.1, -0.05) is 59.7 Å². The summed E-state index contributed by atoms with van der Waals surface area (Å²) >= 11 is 1.54. The van der Waals surface area contributed by atoms with Crippen molar-refractivity contribution < 1.29 is 9.59 Å². The molecule has 166 valence electrons. The number of aryl methyl sites for hydroxylation is 2. The van der Waals surface area contributed by atoms with Crippen molar-refractivity contribution in [3.63, 3.8) is 0 Å². The second-order valence-corrected chi connectivity index (χ2v) is 8.84. The zero-order valence-electron chi connectivity index (χ0n) is 18.6. The molecule has 0 saturated carbocycles. The molecule has 0 atom stereocenters. The molecule has 2 amide bonds. The van der Waals surface area contributed by atoms with Crippen LogP contribution in [0.1, 0.15) is 32.7 Å². The third-order valence-corrected chi connectivity index (χ3v) is 6.12. The Morgan fingerprint density at radius 3 is 2.33 bits per heavy atom. The van der Waals surface area contributed by atoms with Gasteiger partial charge in [-0.3, -0.25) is 9.59 Å². The van der Waals surface area contributed by atoms with E-state index in [4.69, 9.17) is 0 Å². The Balaban J connectivity index is 1.31. The van der Waals surface area contributed by atoms with E-state index >= 15 is 0 Å². The van der Waals surface area contributed by atoms with Crippen molar-refractivity contribution in [3.8, 4) is 10.6 Å². The first-order valence-electron chi connectivity index (χ1n) is 10.7. The molecule has 5 nitrogen and oxygen atoms in total. The number of benzene rings is 3. The van der Waals surface area contributed by atoms with E-state index in [1.807, 2.05) is 60.8 Å². The van der Waals surface area contributed by atoms with Crippen molar-refractivity contribution in [2.45, 2.75) is 26.8 Å². The number of thiazole rings is 1. The minimum absolute atomic E-state index is 0.0927. The molecule has 0 unspecified atom stereocenters. The molecule has 0 fully saturated rings. The predicted octanol–water partition coefficient (Wildman–Crippen LogP) is 5.54. The van der Waals surface area contributed by atoms with Crippen LogP contribution in [-0.2, 0) is 17.8 Å². The summed E-state index contributed by atoms with van der Waals surface area (Å²) in [4.78, 5) is 29.5. The summed E-state index contributed by atoms with van der Waals surface area (Å²) in [6, 6.07) is 23.1. The van der Waals surface area contributed by atoms with Crippen LogP contribution in [0, 0.1) is 13.8 Å². The highest BCUT2D eigenvalue weighted by Crippen LogP contribution is 2.24. The highest BCUT2D eigenvalue weighted by molar-refractivity contribution is 7.13. The van der Waals surface area contributed by atoms with Crippen LogP contribution >= 0.6 is 11.3 Å². The number of nitrogens with one attached hydrogen (secondary N) is 2. The standard InChI is InChI=1S/C27H25N3O2S/c1-18-6-10-21(11-7-18)26(32)29-23-5-3-4-20(14-23)16-28-25(31)15-24-17-33-27(30-24)22-12-8-19(2)9-13-22/h3-14,17H,15-16H2,1-2H3,(H,28,31)(H,29,32). The van der Waals surface area contributed by atoms with Crippen LogP contribution in [0.15, 0.2) is 78.2 Å². The molecule has 1 aromatic heterocycles.